The maximum absolute atomic E-state index is 11.5. The van der Waals surface area contributed by atoms with Crippen LogP contribution in [0.1, 0.15) is 21.5 Å². The van der Waals surface area contributed by atoms with Crippen molar-refractivity contribution in [3.8, 4) is 0 Å². The third kappa shape index (κ3) is 2.12. The van der Waals surface area contributed by atoms with Gasteiger partial charge in [-0.1, -0.05) is 18.2 Å². The number of hydrogen-bond acceptors (Lipinski definition) is 3. The minimum atomic E-state index is -0.310. The standard InChI is InChI=1S/C11H14O3/c1-8-5-4-6-9(7-13-2)10(8)11(12)14-3/h4-6H,7H2,1-3H3. The molecule has 0 saturated carbocycles. The highest BCUT2D eigenvalue weighted by Gasteiger charge is 2.13. The van der Waals surface area contributed by atoms with Crippen LogP contribution in [0.4, 0.5) is 0 Å². The summed E-state index contributed by atoms with van der Waals surface area (Å²) >= 11 is 0. The molecule has 0 fully saturated rings. The second-order valence-electron chi connectivity index (χ2n) is 3.03. The molecule has 14 heavy (non-hydrogen) atoms. The van der Waals surface area contributed by atoms with Crippen LogP contribution in [0.25, 0.3) is 0 Å². The van der Waals surface area contributed by atoms with Crippen LogP contribution in [0.3, 0.4) is 0 Å². The lowest BCUT2D eigenvalue weighted by atomic mass is 10.0. The molecule has 76 valence electrons. The molecule has 3 nitrogen and oxygen atoms in total. The Balaban J connectivity index is 3.15. The number of aryl methyl sites for hydroxylation is 1. The maximum atomic E-state index is 11.5. The van der Waals surface area contributed by atoms with Gasteiger partial charge in [-0.3, -0.25) is 0 Å². The second-order valence-corrected chi connectivity index (χ2v) is 3.03. The van der Waals surface area contributed by atoms with Gasteiger partial charge in [0.2, 0.25) is 0 Å². The summed E-state index contributed by atoms with van der Waals surface area (Å²) in [6.45, 7) is 2.30. The lowest BCUT2D eigenvalue weighted by molar-refractivity contribution is 0.0595. The van der Waals surface area contributed by atoms with E-state index in [1.54, 1.807) is 7.11 Å². The zero-order chi connectivity index (χ0) is 10.6. The Morgan fingerprint density at radius 2 is 2.07 bits per heavy atom. The fourth-order valence-electron chi connectivity index (χ4n) is 1.40. The Kier molecular flexibility index (Phi) is 3.65. The molecular formula is C11H14O3. The van der Waals surface area contributed by atoms with Gasteiger partial charge in [0.15, 0.2) is 0 Å². The number of benzene rings is 1. The van der Waals surface area contributed by atoms with E-state index in [1.807, 2.05) is 25.1 Å². The Morgan fingerprint density at radius 3 is 2.64 bits per heavy atom. The number of carbonyl (C=O) groups is 1. The molecule has 3 heteroatoms. The molecule has 0 bridgehead atoms. The first kappa shape index (κ1) is 10.7. The van der Waals surface area contributed by atoms with Crippen LogP contribution < -0.4 is 0 Å². The molecule has 0 aliphatic rings. The quantitative estimate of drug-likeness (QED) is 0.690. The van der Waals surface area contributed by atoms with Crippen molar-refractivity contribution in [3.63, 3.8) is 0 Å². The molecule has 0 aliphatic carbocycles. The fraction of sp³-hybridized carbons (Fsp3) is 0.364. The third-order valence-corrected chi connectivity index (χ3v) is 2.05. The Morgan fingerprint density at radius 1 is 1.36 bits per heavy atom. The Bertz CT molecular complexity index is 331. The lowest BCUT2D eigenvalue weighted by Crippen LogP contribution is -2.08. The molecule has 0 radical (unpaired) electrons. The molecular weight excluding hydrogens is 180 g/mol. The lowest BCUT2D eigenvalue weighted by Gasteiger charge is -2.09. The minimum absolute atomic E-state index is 0.310. The third-order valence-electron chi connectivity index (χ3n) is 2.05. The summed E-state index contributed by atoms with van der Waals surface area (Å²) in [5, 5.41) is 0. The highest BCUT2D eigenvalue weighted by molar-refractivity contribution is 5.92. The number of hydrogen-bond donors (Lipinski definition) is 0. The van der Waals surface area contributed by atoms with E-state index in [-0.39, 0.29) is 5.97 Å². The summed E-state index contributed by atoms with van der Waals surface area (Å²) in [5.74, 6) is -0.310. The predicted molar refractivity (Wildman–Crippen MR) is 53.2 cm³/mol. The number of esters is 1. The first-order valence-corrected chi connectivity index (χ1v) is 4.36. The predicted octanol–water partition coefficient (Wildman–Crippen LogP) is 1.93. The van der Waals surface area contributed by atoms with Gasteiger partial charge in [0.25, 0.3) is 0 Å². The van der Waals surface area contributed by atoms with E-state index < -0.39 is 0 Å². The summed E-state index contributed by atoms with van der Waals surface area (Å²) in [6, 6.07) is 5.64. The summed E-state index contributed by atoms with van der Waals surface area (Å²) in [6.07, 6.45) is 0. The molecule has 1 rings (SSSR count). The van der Waals surface area contributed by atoms with Crippen molar-refractivity contribution in [1.82, 2.24) is 0 Å². The van der Waals surface area contributed by atoms with Crippen LogP contribution in [0.2, 0.25) is 0 Å². The van der Waals surface area contributed by atoms with Crippen LogP contribution in [0, 0.1) is 6.92 Å². The first-order chi connectivity index (χ1) is 6.70. The van der Waals surface area contributed by atoms with Gasteiger partial charge in [-0.05, 0) is 18.1 Å². The van der Waals surface area contributed by atoms with E-state index in [9.17, 15) is 4.79 Å². The monoisotopic (exact) mass is 194 g/mol. The zero-order valence-electron chi connectivity index (χ0n) is 8.66. The van der Waals surface area contributed by atoms with Gasteiger partial charge < -0.3 is 9.47 Å². The average molecular weight is 194 g/mol. The summed E-state index contributed by atoms with van der Waals surface area (Å²) in [7, 11) is 2.98. The first-order valence-electron chi connectivity index (χ1n) is 4.36. The second kappa shape index (κ2) is 4.77. The molecule has 0 aliphatic heterocycles. The normalized spacial score (nSPS) is 9.93. The van der Waals surface area contributed by atoms with Gasteiger partial charge in [-0.25, -0.2) is 4.79 Å². The Labute approximate surface area is 83.6 Å². The Hall–Kier alpha value is -1.35. The average Bonchev–Trinajstić information content (AvgIpc) is 2.18. The maximum Gasteiger partial charge on any atom is 0.338 e. The van der Waals surface area contributed by atoms with Crippen molar-refractivity contribution in [1.29, 1.82) is 0 Å². The van der Waals surface area contributed by atoms with E-state index in [2.05, 4.69) is 0 Å². The molecule has 0 amide bonds. The minimum Gasteiger partial charge on any atom is -0.465 e. The molecule has 0 unspecified atom stereocenters. The smallest absolute Gasteiger partial charge is 0.338 e. The van der Waals surface area contributed by atoms with E-state index in [0.717, 1.165) is 11.1 Å². The SMILES string of the molecule is COCc1cccc(C)c1C(=O)OC. The summed E-state index contributed by atoms with van der Waals surface area (Å²) < 4.78 is 9.72. The van der Waals surface area contributed by atoms with E-state index in [0.29, 0.717) is 12.2 Å². The van der Waals surface area contributed by atoms with Crippen molar-refractivity contribution in [2.45, 2.75) is 13.5 Å². The number of rotatable bonds is 3. The van der Waals surface area contributed by atoms with Crippen molar-refractivity contribution in [3.05, 3.63) is 34.9 Å². The number of methoxy groups -OCH3 is 2. The molecule has 1 aromatic rings. The van der Waals surface area contributed by atoms with Gasteiger partial charge in [0.1, 0.15) is 0 Å². The highest BCUT2D eigenvalue weighted by atomic mass is 16.5. The summed E-state index contributed by atoms with van der Waals surface area (Å²) in [4.78, 5) is 11.5. The van der Waals surface area contributed by atoms with Gasteiger partial charge in [-0.2, -0.15) is 0 Å². The fourth-order valence-corrected chi connectivity index (χ4v) is 1.40. The molecule has 0 spiro atoms. The molecule has 0 aromatic heterocycles. The molecule has 0 saturated heterocycles. The van der Waals surface area contributed by atoms with Crippen LogP contribution in [-0.2, 0) is 16.1 Å². The highest BCUT2D eigenvalue weighted by Crippen LogP contribution is 2.16. The van der Waals surface area contributed by atoms with E-state index >= 15 is 0 Å². The van der Waals surface area contributed by atoms with Crippen molar-refractivity contribution >= 4 is 5.97 Å². The molecule has 0 atom stereocenters. The van der Waals surface area contributed by atoms with E-state index in [1.165, 1.54) is 7.11 Å². The van der Waals surface area contributed by atoms with Crippen LogP contribution in [0.15, 0.2) is 18.2 Å². The van der Waals surface area contributed by atoms with Crippen LogP contribution >= 0.6 is 0 Å². The van der Waals surface area contributed by atoms with Crippen LogP contribution in [-0.4, -0.2) is 20.2 Å². The van der Waals surface area contributed by atoms with Gasteiger partial charge >= 0.3 is 5.97 Å². The number of carbonyl (C=O) groups excluding carboxylic acids is 1. The van der Waals surface area contributed by atoms with Crippen molar-refractivity contribution in [2.75, 3.05) is 14.2 Å². The van der Waals surface area contributed by atoms with Crippen LogP contribution in [0.5, 0.6) is 0 Å². The summed E-state index contributed by atoms with van der Waals surface area (Å²) in [5.41, 5.74) is 2.38. The van der Waals surface area contributed by atoms with E-state index in [4.69, 9.17) is 9.47 Å². The van der Waals surface area contributed by atoms with Gasteiger partial charge in [-0.15, -0.1) is 0 Å². The molecule has 1 aromatic carbocycles. The van der Waals surface area contributed by atoms with Crippen molar-refractivity contribution in [2.24, 2.45) is 0 Å². The molecule has 0 heterocycles. The van der Waals surface area contributed by atoms with Gasteiger partial charge in [0, 0.05) is 7.11 Å². The topological polar surface area (TPSA) is 35.5 Å². The zero-order valence-corrected chi connectivity index (χ0v) is 8.66. The van der Waals surface area contributed by atoms with Crippen molar-refractivity contribution < 1.29 is 14.3 Å². The largest absolute Gasteiger partial charge is 0.465 e. The van der Waals surface area contributed by atoms with Gasteiger partial charge in [0.05, 0.1) is 19.3 Å². The number of ether oxygens (including phenoxy) is 2. The molecule has 0 N–H and O–H groups in total.